The van der Waals surface area contributed by atoms with E-state index < -0.39 is 5.76 Å². The van der Waals surface area contributed by atoms with Crippen LogP contribution < -0.4 is 5.32 Å². The number of benzene rings is 2. The fourth-order valence-electron chi connectivity index (χ4n) is 1.84. The molecule has 1 amide bonds. The van der Waals surface area contributed by atoms with E-state index in [1.54, 1.807) is 30.3 Å². The molecular weight excluding hydrogens is 360 g/mol. The Kier molecular flexibility index (Phi) is 7.20. The number of amides is 1. The highest BCUT2D eigenvalue weighted by atomic mass is 35.5. The maximum Gasteiger partial charge on any atom is 0.288 e. The van der Waals surface area contributed by atoms with Crippen molar-refractivity contribution in [1.82, 2.24) is 0 Å². The van der Waals surface area contributed by atoms with Crippen molar-refractivity contribution in [2.75, 3.05) is 11.1 Å². The quantitative estimate of drug-likeness (QED) is 0.647. The first-order valence-electron chi connectivity index (χ1n) is 6.70. The monoisotopic (exact) mass is 373 g/mol. The highest BCUT2D eigenvalue weighted by Crippen LogP contribution is 2.31. The van der Waals surface area contributed by atoms with Crippen LogP contribution in [-0.4, -0.2) is 17.4 Å². The first kappa shape index (κ1) is 18.1. The van der Waals surface area contributed by atoms with Gasteiger partial charge in [-0.05, 0) is 29.8 Å². The molecule has 0 aliphatic carbocycles. The molecule has 0 aliphatic heterocycles. The number of para-hydroxylation sites is 1. The largest absolute Gasteiger partial charge is 0.324 e. The first-order valence-corrected chi connectivity index (χ1v) is 9.11. The fourth-order valence-corrected chi connectivity index (χ4v) is 3.43. The molecule has 0 saturated carbocycles. The maximum absolute atomic E-state index is 12.5. The van der Waals surface area contributed by atoms with E-state index in [-0.39, 0.29) is 11.7 Å². The zero-order chi connectivity index (χ0) is 16.7. The SMILES string of the molecule is O=C(CSCc1cccc(Cl)c1)Nc1ccccc1SC(F)F. The van der Waals surface area contributed by atoms with Crippen molar-refractivity contribution in [3.8, 4) is 0 Å². The molecule has 0 bridgehead atoms. The van der Waals surface area contributed by atoms with Gasteiger partial charge in [-0.15, -0.1) is 11.8 Å². The van der Waals surface area contributed by atoms with Gasteiger partial charge >= 0.3 is 0 Å². The van der Waals surface area contributed by atoms with Crippen molar-refractivity contribution < 1.29 is 13.6 Å². The van der Waals surface area contributed by atoms with Crippen LogP contribution in [0.5, 0.6) is 0 Å². The van der Waals surface area contributed by atoms with Crippen molar-refractivity contribution in [2.24, 2.45) is 0 Å². The number of thioether (sulfide) groups is 2. The lowest BCUT2D eigenvalue weighted by Crippen LogP contribution is -2.14. The molecule has 0 fully saturated rings. The van der Waals surface area contributed by atoms with Crippen LogP contribution in [0.1, 0.15) is 5.56 Å². The van der Waals surface area contributed by atoms with Crippen LogP contribution in [0.25, 0.3) is 0 Å². The van der Waals surface area contributed by atoms with Crippen LogP contribution in [0.3, 0.4) is 0 Å². The van der Waals surface area contributed by atoms with Gasteiger partial charge in [-0.25, -0.2) is 0 Å². The fraction of sp³-hybridized carbons (Fsp3) is 0.188. The summed E-state index contributed by atoms with van der Waals surface area (Å²) in [5.74, 6) is -1.86. The van der Waals surface area contributed by atoms with Crippen LogP contribution in [-0.2, 0) is 10.5 Å². The normalized spacial score (nSPS) is 10.8. The number of alkyl halides is 2. The van der Waals surface area contributed by atoms with E-state index in [1.165, 1.54) is 11.8 Å². The number of carbonyl (C=O) groups excluding carboxylic acids is 1. The minimum Gasteiger partial charge on any atom is -0.324 e. The van der Waals surface area contributed by atoms with Crippen molar-refractivity contribution in [3.05, 3.63) is 59.1 Å². The average molecular weight is 374 g/mol. The molecule has 2 aromatic carbocycles. The lowest BCUT2D eigenvalue weighted by Gasteiger charge is -2.10. The van der Waals surface area contributed by atoms with Crippen molar-refractivity contribution >= 4 is 46.7 Å². The van der Waals surface area contributed by atoms with Gasteiger partial charge < -0.3 is 5.32 Å². The van der Waals surface area contributed by atoms with Crippen molar-refractivity contribution in [1.29, 1.82) is 0 Å². The maximum atomic E-state index is 12.5. The molecule has 0 aliphatic rings. The van der Waals surface area contributed by atoms with E-state index in [0.717, 1.165) is 5.56 Å². The smallest absolute Gasteiger partial charge is 0.288 e. The molecule has 0 aromatic heterocycles. The Labute approximate surface area is 147 Å². The highest BCUT2D eigenvalue weighted by molar-refractivity contribution is 7.99. The van der Waals surface area contributed by atoms with Gasteiger partial charge in [-0.2, -0.15) is 8.78 Å². The molecule has 2 nitrogen and oxygen atoms in total. The summed E-state index contributed by atoms with van der Waals surface area (Å²) >= 11 is 7.76. The van der Waals surface area contributed by atoms with Gasteiger partial charge in [0.2, 0.25) is 5.91 Å². The third-order valence-corrected chi connectivity index (χ3v) is 4.80. The number of halogens is 3. The zero-order valence-electron chi connectivity index (χ0n) is 12.0. The second-order valence-corrected chi connectivity index (χ2v) is 7.00. The van der Waals surface area contributed by atoms with E-state index in [0.29, 0.717) is 33.1 Å². The molecule has 122 valence electrons. The predicted molar refractivity (Wildman–Crippen MR) is 94.5 cm³/mol. The van der Waals surface area contributed by atoms with Crippen LogP contribution in [0.15, 0.2) is 53.4 Å². The zero-order valence-corrected chi connectivity index (χ0v) is 14.4. The molecule has 0 heterocycles. The molecule has 2 aromatic rings. The summed E-state index contributed by atoms with van der Waals surface area (Å²) in [6.45, 7) is 0. The first-order chi connectivity index (χ1) is 11.0. The number of rotatable bonds is 7. The molecule has 0 unspecified atom stereocenters. The summed E-state index contributed by atoms with van der Waals surface area (Å²) in [7, 11) is 0. The third kappa shape index (κ3) is 6.41. The van der Waals surface area contributed by atoms with E-state index >= 15 is 0 Å². The predicted octanol–water partition coefficient (Wildman–Crippen LogP) is 5.53. The van der Waals surface area contributed by atoms with Gasteiger partial charge in [0.25, 0.3) is 5.76 Å². The molecule has 0 saturated heterocycles. The standard InChI is InChI=1S/C16H14ClF2NOS2/c17-12-5-3-4-11(8-12)9-22-10-15(21)20-13-6-1-2-7-14(13)23-16(18)19/h1-8,16H,9-10H2,(H,20,21). The van der Waals surface area contributed by atoms with Gasteiger partial charge in [-0.3, -0.25) is 4.79 Å². The van der Waals surface area contributed by atoms with E-state index in [1.807, 2.05) is 18.2 Å². The highest BCUT2D eigenvalue weighted by Gasteiger charge is 2.11. The second-order valence-electron chi connectivity index (χ2n) is 4.55. The van der Waals surface area contributed by atoms with Gasteiger partial charge in [0.15, 0.2) is 0 Å². The summed E-state index contributed by atoms with van der Waals surface area (Å²) in [4.78, 5) is 12.3. The van der Waals surface area contributed by atoms with Crippen molar-refractivity contribution in [3.63, 3.8) is 0 Å². The minimum atomic E-state index is -2.52. The third-order valence-electron chi connectivity index (χ3n) is 2.77. The molecule has 0 spiro atoms. The topological polar surface area (TPSA) is 29.1 Å². The summed E-state index contributed by atoms with van der Waals surface area (Å²) < 4.78 is 25.0. The Morgan fingerprint density at radius 2 is 1.96 bits per heavy atom. The Balaban J connectivity index is 1.85. The van der Waals surface area contributed by atoms with Crippen LogP contribution in [0.2, 0.25) is 5.02 Å². The van der Waals surface area contributed by atoms with Crippen molar-refractivity contribution in [2.45, 2.75) is 16.4 Å². The molecule has 0 atom stereocenters. The van der Waals surface area contributed by atoms with Gasteiger partial charge in [-0.1, -0.05) is 47.6 Å². The molecule has 1 N–H and O–H groups in total. The Morgan fingerprint density at radius 3 is 2.70 bits per heavy atom. The number of nitrogens with one attached hydrogen (secondary N) is 1. The second kappa shape index (κ2) is 9.15. The number of anilines is 1. The lowest BCUT2D eigenvalue weighted by molar-refractivity contribution is -0.113. The molecular formula is C16H14ClF2NOS2. The van der Waals surface area contributed by atoms with E-state index in [2.05, 4.69) is 5.32 Å². The van der Waals surface area contributed by atoms with Gasteiger partial charge in [0.05, 0.1) is 11.4 Å². The minimum absolute atomic E-state index is 0.223. The van der Waals surface area contributed by atoms with Crippen LogP contribution >= 0.6 is 35.1 Å². The van der Waals surface area contributed by atoms with E-state index in [4.69, 9.17) is 11.6 Å². The molecule has 7 heteroatoms. The molecule has 0 radical (unpaired) electrons. The summed E-state index contributed by atoms with van der Waals surface area (Å²) in [6, 6.07) is 14.0. The number of hydrogen-bond donors (Lipinski definition) is 1. The molecule has 23 heavy (non-hydrogen) atoms. The Hall–Kier alpha value is -1.24. The van der Waals surface area contributed by atoms with Crippen LogP contribution in [0.4, 0.5) is 14.5 Å². The van der Waals surface area contributed by atoms with E-state index in [9.17, 15) is 13.6 Å². The summed E-state index contributed by atoms with van der Waals surface area (Å²) in [5.41, 5.74) is 1.44. The summed E-state index contributed by atoms with van der Waals surface area (Å²) in [6.07, 6.45) is 0. The number of carbonyl (C=O) groups is 1. The average Bonchev–Trinajstić information content (AvgIpc) is 2.49. The molecule has 2 rings (SSSR count). The van der Waals surface area contributed by atoms with Gasteiger partial charge in [0, 0.05) is 15.7 Å². The lowest BCUT2D eigenvalue weighted by atomic mass is 10.2. The summed E-state index contributed by atoms with van der Waals surface area (Å²) in [5, 5.41) is 3.33. The Bertz CT molecular complexity index is 670. The number of hydrogen-bond acceptors (Lipinski definition) is 3. The van der Waals surface area contributed by atoms with Crippen LogP contribution in [0, 0.1) is 0 Å². The van der Waals surface area contributed by atoms with Gasteiger partial charge in [0.1, 0.15) is 0 Å². The Morgan fingerprint density at radius 1 is 1.17 bits per heavy atom.